The first kappa shape index (κ1) is 13.2. The second-order valence-electron chi connectivity index (χ2n) is 5.31. The van der Waals surface area contributed by atoms with Crippen molar-refractivity contribution in [2.45, 2.75) is 44.6 Å². The molecule has 1 saturated carbocycles. The third-order valence-electron chi connectivity index (χ3n) is 4.06. The summed E-state index contributed by atoms with van der Waals surface area (Å²) in [5.74, 6) is 3.21. The molecule has 0 spiro atoms. The molecule has 0 aromatic heterocycles. The fraction of sp³-hybridized carbons (Fsp3) is 0.923. The Hall–Kier alpha value is -0.220. The summed E-state index contributed by atoms with van der Waals surface area (Å²) in [6.07, 6.45) is 6.99. The molecule has 1 saturated heterocycles. The Bertz CT molecular complexity index is 254. The second kappa shape index (κ2) is 6.64. The van der Waals surface area contributed by atoms with Gasteiger partial charge in [-0.25, -0.2) is 0 Å². The molecule has 0 aromatic rings. The third kappa shape index (κ3) is 3.62. The van der Waals surface area contributed by atoms with E-state index in [1.807, 2.05) is 11.8 Å². The highest BCUT2D eigenvalue weighted by Gasteiger charge is 2.31. The molecule has 1 aliphatic carbocycles. The van der Waals surface area contributed by atoms with E-state index in [1.165, 1.54) is 25.0 Å². The lowest BCUT2D eigenvalue weighted by molar-refractivity contribution is -0.128. The van der Waals surface area contributed by atoms with Gasteiger partial charge in [0, 0.05) is 17.7 Å². The second-order valence-corrected chi connectivity index (χ2v) is 6.46. The predicted octanol–water partition coefficient (Wildman–Crippen LogP) is 1.76. The Balaban J connectivity index is 1.84. The van der Waals surface area contributed by atoms with Gasteiger partial charge in [0.25, 0.3) is 0 Å². The van der Waals surface area contributed by atoms with Gasteiger partial charge < -0.3 is 11.1 Å². The van der Waals surface area contributed by atoms with Gasteiger partial charge in [0.15, 0.2) is 0 Å². The summed E-state index contributed by atoms with van der Waals surface area (Å²) in [6.45, 7) is 0.664. The van der Waals surface area contributed by atoms with Crippen LogP contribution in [-0.2, 0) is 4.79 Å². The summed E-state index contributed by atoms with van der Waals surface area (Å²) in [7, 11) is 0. The molecule has 3 N–H and O–H groups in total. The maximum absolute atomic E-state index is 12.3. The molecule has 2 aliphatic rings. The topological polar surface area (TPSA) is 55.1 Å². The first-order valence-corrected chi connectivity index (χ1v) is 8.05. The monoisotopic (exact) mass is 256 g/mol. The van der Waals surface area contributed by atoms with Crippen LogP contribution in [0.3, 0.4) is 0 Å². The molecule has 0 aromatic carbocycles. The zero-order valence-electron chi connectivity index (χ0n) is 10.5. The number of thioether (sulfide) groups is 1. The summed E-state index contributed by atoms with van der Waals surface area (Å²) < 4.78 is 0. The van der Waals surface area contributed by atoms with Gasteiger partial charge in [-0.05, 0) is 43.9 Å². The zero-order valence-corrected chi connectivity index (χ0v) is 11.3. The molecule has 1 heterocycles. The van der Waals surface area contributed by atoms with E-state index in [9.17, 15) is 4.79 Å². The van der Waals surface area contributed by atoms with Gasteiger partial charge in [-0.1, -0.05) is 12.8 Å². The highest BCUT2D eigenvalue weighted by atomic mass is 32.2. The van der Waals surface area contributed by atoms with Gasteiger partial charge in [0.2, 0.25) is 5.91 Å². The molecule has 98 valence electrons. The van der Waals surface area contributed by atoms with E-state index in [0.29, 0.717) is 18.5 Å². The number of nitrogens with one attached hydrogen (secondary N) is 1. The van der Waals surface area contributed by atoms with E-state index in [0.717, 1.165) is 25.0 Å². The van der Waals surface area contributed by atoms with Crippen molar-refractivity contribution in [2.75, 3.05) is 18.1 Å². The van der Waals surface area contributed by atoms with E-state index < -0.39 is 0 Å². The van der Waals surface area contributed by atoms with Crippen molar-refractivity contribution in [3.05, 3.63) is 0 Å². The van der Waals surface area contributed by atoms with E-state index >= 15 is 0 Å². The smallest absolute Gasteiger partial charge is 0.223 e. The number of hydrogen-bond acceptors (Lipinski definition) is 3. The minimum atomic E-state index is 0.181. The molecular weight excluding hydrogens is 232 g/mol. The van der Waals surface area contributed by atoms with E-state index in [2.05, 4.69) is 5.32 Å². The van der Waals surface area contributed by atoms with Gasteiger partial charge in [-0.2, -0.15) is 11.8 Å². The van der Waals surface area contributed by atoms with Crippen LogP contribution in [0.15, 0.2) is 0 Å². The number of rotatable bonds is 3. The predicted molar refractivity (Wildman–Crippen MR) is 73.0 cm³/mol. The van der Waals surface area contributed by atoms with Crippen molar-refractivity contribution in [3.8, 4) is 0 Å². The lowest BCUT2D eigenvalue weighted by atomic mass is 9.78. The van der Waals surface area contributed by atoms with Gasteiger partial charge in [-0.3, -0.25) is 4.79 Å². The minimum Gasteiger partial charge on any atom is -0.352 e. The standard InChI is InChI=1S/C13H24N2OS/c14-8-10-4-1-2-6-12(10)13(16)15-11-5-3-7-17-9-11/h10-12H,1-9,14H2,(H,15,16). The van der Waals surface area contributed by atoms with Crippen LogP contribution in [-0.4, -0.2) is 30.0 Å². The summed E-state index contributed by atoms with van der Waals surface area (Å²) in [6, 6.07) is 0.404. The maximum atomic E-state index is 12.3. The van der Waals surface area contributed by atoms with Crippen LogP contribution in [0.1, 0.15) is 38.5 Å². The van der Waals surface area contributed by atoms with Crippen LogP contribution < -0.4 is 11.1 Å². The van der Waals surface area contributed by atoms with Crippen LogP contribution >= 0.6 is 11.8 Å². The molecule has 0 radical (unpaired) electrons. The number of amides is 1. The Morgan fingerprint density at radius 2 is 2.06 bits per heavy atom. The molecule has 1 amide bonds. The number of nitrogens with two attached hydrogens (primary N) is 1. The first-order chi connectivity index (χ1) is 8.31. The van der Waals surface area contributed by atoms with Crippen molar-refractivity contribution < 1.29 is 4.79 Å². The molecule has 3 unspecified atom stereocenters. The number of carbonyl (C=O) groups is 1. The van der Waals surface area contributed by atoms with Crippen LogP contribution in [0.25, 0.3) is 0 Å². The normalized spacial score (nSPS) is 34.3. The molecule has 2 rings (SSSR count). The van der Waals surface area contributed by atoms with E-state index in [1.54, 1.807) is 0 Å². The van der Waals surface area contributed by atoms with Crippen molar-refractivity contribution in [1.82, 2.24) is 5.32 Å². The van der Waals surface area contributed by atoms with E-state index in [-0.39, 0.29) is 11.8 Å². The molecule has 2 fully saturated rings. The largest absolute Gasteiger partial charge is 0.352 e. The first-order valence-electron chi connectivity index (χ1n) is 6.89. The molecule has 4 heteroatoms. The van der Waals surface area contributed by atoms with Crippen molar-refractivity contribution in [2.24, 2.45) is 17.6 Å². The van der Waals surface area contributed by atoms with Crippen LogP contribution in [0.4, 0.5) is 0 Å². The lowest BCUT2D eigenvalue weighted by Crippen LogP contribution is -2.45. The average molecular weight is 256 g/mol. The highest BCUT2D eigenvalue weighted by molar-refractivity contribution is 7.99. The molecular formula is C13H24N2OS. The van der Waals surface area contributed by atoms with Crippen LogP contribution in [0.2, 0.25) is 0 Å². The Morgan fingerprint density at radius 1 is 1.24 bits per heavy atom. The SMILES string of the molecule is NCC1CCCCC1C(=O)NC1CCCSC1. The van der Waals surface area contributed by atoms with Crippen molar-refractivity contribution in [3.63, 3.8) is 0 Å². The Kier molecular flexibility index (Phi) is 5.16. The summed E-state index contributed by atoms with van der Waals surface area (Å²) in [5, 5.41) is 3.24. The van der Waals surface area contributed by atoms with Gasteiger partial charge in [-0.15, -0.1) is 0 Å². The van der Waals surface area contributed by atoms with Gasteiger partial charge in [0.05, 0.1) is 0 Å². The van der Waals surface area contributed by atoms with Gasteiger partial charge >= 0.3 is 0 Å². The van der Waals surface area contributed by atoms with Gasteiger partial charge in [0.1, 0.15) is 0 Å². The van der Waals surface area contributed by atoms with Crippen molar-refractivity contribution in [1.29, 1.82) is 0 Å². The minimum absolute atomic E-state index is 0.181. The summed E-state index contributed by atoms with van der Waals surface area (Å²) >= 11 is 1.96. The Labute approximate surface area is 108 Å². The third-order valence-corrected chi connectivity index (χ3v) is 5.27. The molecule has 3 nitrogen and oxygen atoms in total. The van der Waals surface area contributed by atoms with Crippen LogP contribution in [0.5, 0.6) is 0 Å². The van der Waals surface area contributed by atoms with Crippen molar-refractivity contribution >= 4 is 17.7 Å². The quantitative estimate of drug-likeness (QED) is 0.809. The Morgan fingerprint density at radius 3 is 2.76 bits per heavy atom. The molecule has 3 atom stereocenters. The highest BCUT2D eigenvalue weighted by Crippen LogP contribution is 2.30. The lowest BCUT2D eigenvalue weighted by Gasteiger charge is -2.32. The molecule has 17 heavy (non-hydrogen) atoms. The van der Waals surface area contributed by atoms with E-state index in [4.69, 9.17) is 5.73 Å². The number of carbonyl (C=O) groups excluding carboxylic acids is 1. The fourth-order valence-corrected chi connectivity index (χ4v) is 4.07. The summed E-state index contributed by atoms with van der Waals surface area (Å²) in [5.41, 5.74) is 5.78. The maximum Gasteiger partial charge on any atom is 0.223 e. The van der Waals surface area contributed by atoms with Crippen LogP contribution in [0, 0.1) is 11.8 Å². The average Bonchev–Trinajstić information content (AvgIpc) is 2.40. The fourth-order valence-electron chi connectivity index (χ4n) is 3.00. The zero-order chi connectivity index (χ0) is 12.1. The number of hydrogen-bond donors (Lipinski definition) is 2. The summed E-state index contributed by atoms with van der Waals surface area (Å²) in [4.78, 5) is 12.3. The molecule has 0 bridgehead atoms. The molecule has 1 aliphatic heterocycles.